The van der Waals surface area contributed by atoms with E-state index in [1.165, 1.54) is 108 Å². The van der Waals surface area contributed by atoms with Gasteiger partial charge in [-0.1, -0.05) is 133 Å². The molecule has 0 N–H and O–H groups in total. The molecule has 0 aliphatic heterocycles. The molecule has 0 spiro atoms. The van der Waals surface area contributed by atoms with Crippen LogP contribution in [0.4, 0.5) is 0 Å². The van der Waals surface area contributed by atoms with Gasteiger partial charge in [0.05, 0.1) is 0 Å². The van der Waals surface area contributed by atoms with Crippen molar-refractivity contribution in [3.05, 3.63) is 170 Å². The van der Waals surface area contributed by atoms with Crippen molar-refractivity contribution in [1.29, 1.82) is 0 Å². The van der Waals surface area contributed by atoms with Gasteiger partial charge in [0.25, 0.3) is 0 Å². The molecule has 248 valence electrons. The van der Waals surface area contributed by atoms with Gasteiger partial charge in [-0.2, -0.15) is 0 Å². The van der Waals surface area contributed by atoms with E-state index in [-0.39, 0.29) is 0 Å². The van der Waals surface area contributed by atoms with E-state index in [1.807, 2.05) is 11.3 Å². The number of hydrogen-bond acceptors (Lipinski definition) is 2. The van der Waals surface area contributed by atoms with Crippen LogP contribution in [0.15, 0.2) is 174 Å². The van der Waals surface area contributed by atoms with Crippen LogP contribution >= 0.6 is 11.3 Å². The average molecular weight is 701 g/mol. The molecule has 0 atom stereocenters. The molecule has 12 aromatic rings. The van der Waals surface area contributed by atoms with Crippen LogP contribution < -0.4 is 0 Å². The minimum Gasteiger partial charge on any atom is -0.456 e. The first-order valence-corrected chi connectivity index (χ1v) is 19.4. The lowest BCUT2D eigenvalue weighted by molar-refractivity contribution is 0.669. The van der Waals surface area contributed by atoms with Crippen molar-refractivity contribution < 1.29 is 4.42 Å². The maximum Gasteiger partial charge on any atom is 0.135 e. The highest BCUT2D eigenvalue weighted by molar-refractivity contribution is 7.26. The summed E-state index contributed by atoms with van der Waals surface area (Å²) in [6.07, 6.45) is 0. The van der Waals surface area contributed by atoms with Crippen molar-refractivity contribution in [2.75, 3.05) is 0 Å². The first-order chi connectivity index (χ1) is 26.8. The van der Waals surface area contributed by atoms with Gasteiger partial charge in [0.2, 0.25) is 0 Å². The van der Waals surface area contributed by atoms with Crippen LogP contribution in [0, 0.1) is 0 Å². The van der Waals surface area contributed by atoms with Crippen molar-refractivity contribution >= 4 is 96.5 Å². The second-order valence-corrected chi connectivity index (χ2v) is 15.8. The van der Waals surface area contributed by atoms with Gasteiger partial charge in [-0.25, -0.2) is 0 Å². The Labute approximate surface area is 313 Å². The highest BCUT2D eigenvalue weighted by atomic mass is 32.1. The van der Waals surface area contributed by atoms with Crippen molar-refractivity contribution in [1.82, 2.24) is 0 Å². The van der Waals surface area contributed by atoms with E-state index in [0.29, 0.717) is 0 Å². The van der Waals surface area contributed by atoms with E-state index in [4.69, 9.17) is 4.42 Å². The zero-order chi connectivity index (χ0) is 35.1. The van der Waals surface area contributed by atoms with Gasteiger partial charge in [-0.3, -0.25) is 0 Å². The highest BCUT2D eigenvalue weighted by Gasteiger charge is 2.23. The van der Waals surface area contributed by atoms with Gasteiger partial charge in [0.1, 0.15) is 11.2 Å². The molecular weight excluding hydrogens is 673 g/mol. The Hall–Kier alpha value is -6.74. The number of rotatable bonds is 2. The quantitative estimate of drug-likeness (QED) is 0.164. The Morgan fingerprint density at radius 2 is 0.833 bits per heavy atom. The average Bonchev–Trinajstić information content (AvgIpc) is 3.91. The second-order valence-electron chi connectivity index (χ2n) is 14.7. The summed E-state index contributed by atoms with van der Waals surface area (Å²) in [4.78, 5) is 0. The van der Waals surface area contributed by atoms with Crippen LogP contribution in [0.1, 0.15) is 0 Å². The Morgan fingerprint density at radius 1 is 0.296 bits per heavy atom. The molecular formula is C52H28OS. The van der Waals surface area contributed by atoms with Gasteiger partial charge in [0.15, 0.2) is 0 Å². The van der Waals surface area contributed by atoms with Crippen LogP contribution in [-0.4, -0.2) is 0 Å². The third-order valence-corrected chi connectivity index (χ3v) is 13.2. The zero-order valence-electron chi connectivity index (χ0n) is 29.0. The molecule has 1 aliphatic carbocycles. The third-order valence-electron chi connectivity index (χ3n) is 12.0. The third kappa shape index (κ3) is 3.77. The van der Waals surface area contributed by atoms with E-state index in [0.717, 1.165) is 21.9 Å². The summed E-state index contributed by atoms with van der Waals surface area (Å²) < 4.78 is 9.15. The minimum atomic E-state index is 0.909. The summed E-state index contributed by atoms with van der Waals surface area (Å²) in [6, 6.07) is 62.9. The summed E-state index contributed by atoms with van der Waals surface area (Å²) in [5.41, 5.74) is 11.9. The summed E-state index contributed by atoms with van der Waals surface area (Å²) in [5.74, 6) is 0. The smallest absolute Gasteiger partial charge is 0.135 e. The monoisotopic (exact) mass is 700 g/mol. The molecule has 1 aliphatic rings. The maximum absolute atomic E-state index is 6.45. The Morgan fingerprint density at radius 3 is 1.67 bits per heavy atom. The molecule has 0 amide bonds. The SMILES string of the molecule is c1ccc2c(c1)-c1cccc3c(-c4ccc5oc6ccc(-c7ccc8c(c7)c7ccccc7c7c8ccc8c9ccccc9sc87)cc6c5c4)ccc-2c13. The standard InChI is InChI=1S/C52H28OS/c1-2-9-34-33(8-1)39-14-7-13-38-32(20-21-41(34)50(38)39)31-18-25-48-46(28-31)45-27-30(17-24-47(45)53-48)29-16-19-36-42-22-23-43-37-11-5-6-15-49(37)54-52(43)51(42)40-12-4-3-10-35(40)44(36)26-29/h1-28H. The molecule has 2 heterocycles. The van der Waals surface area contributed by atoms with E-state index >= 15 is 0 Å². The number of thiophene rings is 1. The fraction of sp³-hybridized carbons (Fsp3) is 0. The van der Waals surface area contributed by atoms with Gasteiger partial charge in [0, 0.05) is 36.3 Å². The van der Waals surface area contributed by atoms with E-state index < -0.39 is 0 Å². The molecule has 1 nitrogen and oxygen atoms in total. The van der Waals surface area contributed by atoms with Gasteiger partial charge < -0.3 is 4.42 Å². The molecule has 0 fully saturated rings. The highest BCUT2D eigenvalue weighted by Crippen LogP contribution is 2.50. The molecule has 0 radical (unpaired) electrons. The van der Waals surface area contributed by atoms with Crippen LogP contribution in [-0.2, 0) is 0 Å². The lowest BCUT2D eigenvalue weighted by Gasteiger charge is -2.13. The topological polar surface area (TPSA) is 13.1 Å². The lowest BCUT2D eigenvalue weighted by Crippen LogP contribution is -1.85. The molecule has 54 heavy (non-hydrogen) atoms. The first kappa shape index (κ1) is 28.8. The molecule has 0 unspecified atom stereocenters. The van der Waals surface area contributed by atoms with Crippen LogP contribution in [0.3, 0.4) is 0 Å². The molecule has 0 bridgehead atoms. The fourth-order valence-electron chi connectivity index (χ4n) is 9.58. The van der Waals surface area contributed by atoms with Gasteiger partial charge >= 0.3 is 0 Å². The molecule has 10 aromatic carbocycles. The normalized spacial score (nSPS) is 12.4. The summed E-state index contributed by atoms with van der Waals surface area (Å²) in [7, 11) is 0. The van der Waals surface area contributed by atoms with Crippen LogP contribution in [0.25, 0.3) is 130 Å². The fourth-order valence-corrected chi connectivity index (χ4v) is 10.8. The number of fused-ring (bicyclic) bond motifs is 16. The molecule has 0 saturated carbocycles. The Bertz CT molecular complexity index is 3570. The summed E-state index contributed by atoms with van der Waals surface area (Å²) in [6.45, 7) is 0. The van der Waals surface area contributed by atoms with Gasteiger partial charge in [-0.05, 0) is 119 Å². The van der Waals surface area contributed by atoms with Crippen molar-refractivity contribution in [2.45, 2.75) is 0 Å². The maximum atomic E-state index is 6.45. The van der Waals surface area contributed by atoms with E-state index in [2.05, 4.69) is 170 Å². The predicted molar refractivity (Wildman–Crippen MR) is 232 cm³/mol. The Kier molecular flexibility index (Phi) is 5.57. The Balaban J connectivity index is 0.987. The van der Waals surface area contributed by atoms with Crippen molar-refractivity contribution in [3.63, 3.8) is 0 Å². The first-order valence-electron chi connectivity index (χ1n) is 18.6. The second kappa shape index (κ2) is 10.4. The predicted octanol–water partition coefficient (Wildman–Crippen LogP) is 15.5. The van der Waals surface area contributed by atoms with Crippen molar-refractivity contribution in [2.24, 2.45) is 0 Å². The zero-order valence-corrected chi connectivity index (χ0v) is 29.8. The minimum absolute atomic E-state index is 0.909. The molecule has 2 aromatic heterocycles. The van der Waals surface area contributed by atoms with Gasteiger partial charge in [-0.15, -0.1) is 11.3 Å². The van der Waals surface area contributed by atoms with Crippen LogP contribution in [0.5, 0.6) is 0 Å². The molecule has 2 heteroatoms. The summed E-state index contributed by atoms with van der Waals surface area (Å²) in [5, 5.41) is 15.4. The number of furan rings is 1. The number of hydrogen-bond donors (Lipinski definition) is 0. The molecule has 13 rings (SSSR count). The molecule has 0 saturated heterocycles. The van der Waals surface area contributed by atoms with E-state index in [1.54, 1.807) is 0 Å². The van der Waals surface area contributed by atoms with Crippen LogP contribution in [0.2, 0.25) is 0 Å². The van der Waals surface area contributed by atoms with E-state index in [9.17, 15) is 0 Å². The number of benzene rings is 10. The summed E-state index contributed by atoms with van der Waals surface area (Å²) >= 11 is 1.91. The van der Waals surface area contributed by atoms with Crippen molar-refractivity contribution in [3.8, 4) is 44.5 Å². The lowest BCUT2D eigenvalue weighted by atomic mass is 9.91. The largest absolute Gasteiger partial charge is 0.456 e.